The van der Waals surface area contributed by atoms with Gasteiger partial charge in [0.25, 0.3) is 0 Å². The van der Waals surface area contributed by atoms with Gasteiger partial charge in [-0.25, -0.2) is 12.8 Å². The molecule has 0 amide bonds. The third kappa shape index (κ3) is 6.38. The van der Waals surface area contributed by atoms with E-state index in [9.17, 15) is 17.9 Å². The van der Waals surface area contributed by atoms with E-state index >= 15 is 0 Å². The molecule has 1 unspecified atom stereocenters. The fourth-order valence-corrected chi connectivity index (χ4v) is 2.31. The zero-order valence-electron chi connectivity index (χ0n) is 9.77. The lowest BCUT2D eigenvalue weighted by molar-refractivity contribution is 0.164. The molecule has 0 aliphatic heterocycles. The quantitative estimate of drug-likeness (QED) is 0.844. The summed E-state index contributed by atoms with van der Waals surface area (Å²) in [6, 6.07) is 6.05. The number of benzene rings is 1. The van der Waals surface area contributed by atoms with Gasteiger partial charge in [0.05, 0.1) is 6.10 Å². The Hall–Kier alpha value is -0.940. The smallest absolute Gasteiger partial charge is 0.147 e. The minimum absolute atomic E-state index is 0.0766. The Morgan fingerprint density at radius 2 is 2.12 bits per heavy atom. The molecule has 96 valence electrons. The third-order valence-electron chi connectivity index (χ3n) is 2.41. The molecule has 0 bridgehead atoms. The van der Waals surface area contributed by atoms with Crippen LogP contribution in [0.2, 0.25) is 0 Å². The number of aliphatic hydroxyl groups excluding tert-OH is 1. The van der Waals surface area contributed by atoms with Gasteiger partial charge in [0.15, 0.2) is 0 Å². The maximum Gasteiger partial charge on any atom is 0.147 e. The Balaban J connectivity index is 2.37. The molecule has 17 heavy (non-hydrogen) atoms. The summed E-state index contributed by atoms with van der Waals surface area (Å²) >= 11 is 0. The lowest BCUT2D eigenvalue weighted by Gasteiger charge is -2.10. The van der Waals surface area contributed by atoms with Gasteiger partial charge in [-0.3, -0.25) is 0 Å². The largest absolute Gasteiger partial charge is 0.393 e. The summed E-state index contributed by atoms with van der Waals surface area (Å²) < 4.78 is 34.6. The molecule has 1 aromatic rings. The van der Waals surface area contributed by atoms with Crippen LogP contribution in [0.1, 0.15) is 18.4 Å². The molecule has 0 spiro atoms. The molecule has 0 aliphatic rings. The van der Waals surface area contributed by atoms with Crippen LogP contribution in [0.4, 0.5) is 4.39 Å². The van der Waals surface area contributed by atoms with Gasteiger partial charge in [-0.15, -0.1) is 0 Å². The summed E-state index contributed by atoms with van der Waals surface area (Å²) in [5.74, 6) is -0.251. The summed E-state index contributed by atoms with van der Waals surface area (Å²) in [5.41, 5.74) is 0.719. The molecule has 5 heteroatoms. The summed E-state index contributed by atoms with van der Waals surface area (Å²) in [4.78, 5) is 0. The van der Waals surface area contributed by atoms with Crippen LogP contribution in [0, 0.1) is 5.82 Å². The Morgan fingerprint density at radius 1 is 1.41 bits per heavy atom. The van der Waals surface area contributed by atoms with Crippen molar-refractivity contribution in [3.05, 3.63) is 35.6 Å². The third-order valence-corrected chi connectivity index (χ3v) is 3.44. The zero-order chi connectivity index (χ0) is 12.9. The molecular weight excluding hydrogens is 243 g/mol. The van der Waals surface area contributed by atoms with Crippen LogP contribution in [-0.2, 0) is 16.3 Å². The van der Waals surface area contributed by atoms with Gasteiger partial charge in [0.2, 0.25) is 0 Å². The van der Waals surface area contributed by atoms with E-state index in [1.807, 2.05) is 0 Å². The second kappa shape index (κ2) is 6.12. The van der Waals surface area contributed by atoms with Gasteiger partial charge in [0.1, 0.15) is 15.7 Å². The molecule has 0 fully saturated rings. The predicted molar refractivity (Wildman–Crippen MR) is 65.1 cm³/mol. The van der Waals surface area contributed by atoms with E-state index in [0.29, 0.717) is 19.3 Å². The van der Waals surface area contributed by atoms with Crippen molar-refractivity contribution in [1.82, 2.24) is 0 Å². The van der Waals surface area contributed by atoms with Gasteiger partial charge >= 0.3 is 0 Å². The highest BCUT2D eigenvalue weighted by Gasteiger charge is 2.08. The monoisotopic (exact) mass is 260 g/mol. The number of aliphatic hydroxyl groups is 1. The van der Waals surface area contributed by atoms with Crippen LogP contribution in [0.15, 0.2) is 24.3 Å². The topological polar surface area (TPSA) is 54.4 Å². The summed E-state index contributed by atoms with van der Waals surface area (Å²) in [6.45, 7) is 0. The molecule has 0 aliphatic carbocycles. The minimum Gasteiger partial charge on any atom is -0.393 e. The predicted octanol–water partition coefficient (Wildman–Crippen LogP) is 1.55. The molecule has 0 radical (unpaired) electrons. The second-order valence-electron chi connectivity index (χ2n) is 4.26. The number of hydrogen-bond acceptors (Lipinski definition) is 3. The molecule has 1 rings (SSSR count). The first-order valence-corrected chi connectivity index (χ1v) is 7.53. The average Bonchev–Trinajstić information content (AvgIpc) is 2.15. The van der Waals surface area contributed by atoms with E-state index in [1.54, 1.807) is 12.1 Å². The first-order chi connectivity index (χ1) is 7.87. The average molecular weight is 260 g/mol. The van der Waals surface area contributed by atoms with Crippen molar-refractivity contribution >= 4 is 9.84 Å². The van der Waals surface area contributed by atoms with Gasteiger partial charge in [-0.1, -0.05) is 12.1 Å². The highest BCUT2D eigenvalue weighted by molar-refractivity contribution is 7.90. The van der Waals surface area contributed by atoms with Crippen molar-refractivity contribution in [1.29, 1.82) is 0 Å². The molecule has 0 aromatic heterocycles. The van der Waals surface area contributed by atoms with Crippen molar-refractivity contribution < 1.29 is 17.9 Å². The number of rotatable bonds is 6. The Kier molecular flexibility index (Phi) is 5.08. The van der Waals surface area contributed by atoms with Crippen LogP contribution in [-0.4, -0.2) is 31.6 Å². The SMILES string of the molecule is CS(=O)(=O)CCCC(O)Cc1cccc(F)c1. The van der Waals surface area contributed by atoms with Gasteiger partial charge < -0.3 is 5.11 Å². The molecule has 1 atom stereocenters. The highest BCUT2D eigenvalue weighted by Crippen LogP contribution is 2.10. The maximum absolute atomic E-state index is 12.9. The van der Waals surface area contributed by atoms with E-state index in [0.717, 1.165) is 5.56 Å². The Bertz CT molecular complexity index is 457. The fraction of sp³-hybridized carbons (Fsp3) is 0.500. The molecule has 3 nitrogen and oxygen atoms in total. The van der Waals surface area contributed by atoms with Crippen molar-refractivity contribution in [3.63, 3.8) is 0 Å². The lowest BCUT2D eigenvalue weighted by atomic mass is 10.0. The van der Waals surface area contributed by atoms with Crippen LogP contribution < -0.4 is 0 Å². The van der Waals surface area contributed by atoms with Gasteiger partial charge in [-0.05, 0) is 37.0 Å². The number of halogens is 1. The van der Waals surface area contributed by atoms with Crippen molar-refractivity contribution in [3.8, 4) is 0 Å². The normalized spacial score (nSPS) is 13.6. The lowest BCUT2D eigenvalue weighted by Crippen LogP contribution is -2.13. The molecular formula is C12H17FO3S. The van der Waals surface area contributed by atoms with Gasteiger partial charge in [-0.2, -0.15) is 0 Å². The van der Waals surface area contributed by atoms with E-state index in [4.69, 9.17) is 0 Å². The summed E-state index contributed by atoms with van der Waals surface area (Å²) in [6.07, 6.45) is 1.73. The Labute approximate surface area is 101 Å². The van der Waals surface area contributed by atoms with E-state index in [1.165, 1.54) is 18.4 Å². The van der Waals surface area contributed by atoms with Gasteiger partial charge in [0, 0.05) is 12.0 Å². The summed E-state index contributed by atoms with van der Waals surface area (Å²) in [7, 11) is -2.97. The first-order valence-electron chi connectivity index (χ1n) is 5.47. The van der Waals surface area contributed by atoms with Crippen molar-refractivity contribution in [2.24, 2.45) is 0 Å². The molecule has 0 saturated carbocycles. The molecule has 0 heterocycles. The molecule has 1 aromatic carbocycles. The van der Waals surface area contributed by atoms with Crippen LogP contribution in [0.25, 0.3) is 0 Å². The van der Waals surface area contributed by atoms with E-state index in [2.05, 4.69) is 0 Å². The van der Waals surface area contributed by atoms with E-state index < -0.39 is 15.9 Å². The number of sulfone groups is 1. The van der Waals surface area contributed by atoms with Crippen LogP contribution >= 0.6 is 0 Å². The highest BCUT2D eigenvalue weighted by atomic mass is 32.2. The maximum atomic E-state index is 12.9. The van der Waals surface area contributed by atoms with Crippen LogP contribution in [0.5, 0.6) is 0 Å². The first kappa shape index (κ1) is 14.1. The van der Waals surface area contributed by atoms with Crippen molar-refractivity contribution in [2.75, 3.05) is 12.0 Å². The Morgan fingerprint density at radius 3 is 2.71 bits per heavy atom. The standard InChI is InChI=1S/C12H17FO3S/c1-17(15,16)7-3-6-12(14)9-10-4-2-5-11(13)8-10/h2,4-5,8,12,14H,3,6-7,9H2,1H3. The molecule has 1 N–H and O–H groups in total. The fourth-order valence-electron chi connectivity index (χ4n) is 1.62. The van der Waals surface area contributed by atoms with Crippen molar-refractivity contribution in [2.45, 2.75) is 25.4 Å². The number of hydrogen-bond donors (Lipinski definition) is 1. The van der Waals surface area contributed by atoms with Crippen LogP contribution in [0.3, 0.4) is 0 Å². The zero-order valence-corrected chi connectivity index (χ0v) is 10.6. The molecule has 0 saturated heterocycles. The summed E-state index contributed by atoms with van der Waals surface area (Å²) in [5, 5.41) is 9.67. The second-order valence-corrected chi connectivity index (χ2v) is 6.52. The van der Waals surface area contributed by atoms with E-state index in [-0.39, 0.29) is 11.6 Å². The minimum atomic E-state index is -2.97.